The van der Waals surface area contributed by atoms with E-state index in [2.05, 4.69) is 5.32 Å². The van der Waals surface area contributed by atoms with Crippen molar-refractivity contribution in [2.24, 2.45) is 5.73 Å². The van der Waals surface area contributed by atoms with Gasteiger partial charge in [-0.3, -0.25) is 14.9 Å². The highest BCUT2D eigenvalue weighted by Crippen LogP contribution is 2.21. The van der Waals surface area contributed by atoms with Crippen molar-refractivity contribution >= 4 is 17.3 Å². The highest BCUT2D eigenvalue weighted by molar-refractivity contribution is 5.91. The Labute approximate surface area is 104 Å². The minimum absolute atomic E-state index is 0.0207. The average molecular weight is 253 g/mol. The Morgan fingerprint density at radius 1 is 1.56 bits per heavy atom. The molecule has 0 unspecified atom stereocenters. The normalized spacial score (nSPS) is 10.1. The maximum atomic E-state index is 11.4. The van der Waals surface area contributed by atoms with Gasteiger partial charge in [0.05, 0.1) is 11.5 Å². The Hall–Kier alpha value is -1.99. The van der Waals surface area contributed by atoms with Gasteiger partial charge in [0.1, 0.15) is 6.61 Å². The highest BCUT2D eigenvalue weighted by Gasteiger charge is 2.11. The van der Waals surface area contributed by atoms with Gasteiger partial charge in [0.2, 0.25) is 5.91 Å². The lowest BCUT2D eigenvalue weighted by atomic mass is 10.2. The first-order chi connectivity index (χ1) is 8.54. The van der Waals surface area contributed by atoms with Crippen molar-refractivity contribution in [1.82, 2.24) is 0 Å². The molecule has 98 valence electrons. The molecule has 0 aliphatic heterocycles. The molecule has 1 aromatic rings. The smallest absolute Gasteiger partial charge is 0.272 e. The monoisotopic (exact) mass is 253 g/mol. The van der Waals surface area contributed by atoms with Crippen molar-refractivity contribution < 1.29 is 14.5 Å². The van der Waals surface area contributed by atoms with E-state index >= 15 is 0 Å². The van der Waals surface area contributed by atoms with E-state index in [-0.39, 0.29) is 18.2 Å². The van der Waals surface area contributed by atoms with Crippen molar-refractivity contribution in [3.63, 3.8) is 0 Å². The molecule has 0 spiro atoms. The number of rotatable bonds is 6. The maximum Gasteiger partial charge on any atom is 0.272 e. The fraction of sp³-hybridized carbons (Fsp3) is 0.364. The molecule has 0 aliphatic carbocycles. The fourth-order valence-electron chi connectivity index (χ4n) is 1.38. The molecule has 3 N–H and O–H groups in total. The molecule has 0 saturated carbocycles. The van der Waals surface area contributed by atoms with Gasteiger partial charge >= 0.3 is 0 Å². The van der Waals surface area contributed by atoms with Crippen molar-refractivity contribution in [3.8, 4) is 0 Å². The highest BCUT2D eigenvalue weighted by atomic mass is 16.6. The zero-order valence-corrected chi connectivity index (χ0v) is 10.0. The summed E-state index contributed by atoms with van der Waals surface area (Å²) >= 11 is 0. The molecule has 0 bridgehead atoms. The summed E-state index contributed by atoms with van der Waals surface area (Å²) in [5, 5.41) is 13.2. The number of hydrogen-bond acceptors (Lipinski definition) is 5. The van der Waals surface area contributed by atoms with Gasteiger partial charge in [-0.25, -0.2) is 0 Å². The molecule has 18 heavy (non-hydrogen) atoms. The molecule has 1 rings (SSSR count). The number of anilines is 1. The second-order valence-electron chi connectivity index (χ2n) is 3.65. The van der Waals surface area contributed by atoms with Gasteiger partial charge in [0, 0.05) is 23.9 Å². The number of nitrogens with one attached hydrogen (secondary N) is 1. The van der Waals surface area contributed by atoms with Crippen LogP contribution in [0.15, 0.2) is 18.2 Å². The zero-order chi connectivity index (χ0) is 13.5. The molecule has 0 radical (unpaired) electrons. The summed E-state index contributed by atoms with van der Waals surface area (Å²) in [6.07, 6.45) is 0. The number of hydrogen-bond donors (Lipinski definition) is 2. The third-order valence-electron chi connectivity index (χ3n) is 2.17. The van der Waals surface area contributed by atoms with E-state index in [1.165, 1.54) is 12.1 Å². The standard InChI is InChI=1S/C11H15N3O4/c1-8-6-9(2-3-10(8)14(16)17)13-11(15)7-18-5-4-12/h2-3,6H,4-5,7,12H2,1H3,(H,13,15). The first-order valence-electron chi connectivity index (χ1n) is 5.37. The van der Waals surface area contributed by atoms with Crippen LogP contribution in [0.5, 0.6) is 0 Å². The summed E-state index contributed by atoms with van der Waals surface area (Å²) in [5.74, 6) is -0.322. The van der Waals surface area contributed by atoms with Gasteiger partial charge in [-0.15, -0.1) is 0 Å². The van der Waals surface area contributed by atoms with Crippen LogP contribution in [-0.4, -0.2) is 30.6 Å². The van der Waals surface area contributed by atoms with Gasteiger partial charge in [0.25, 0.3) is 5.69 Å². The fourth-order valence-corrected chi connectivity index (χ4v) is 1.38. The number of benzene rings is 1. The maximum absolute atomic E-state index is 11.4. The SMILES string of the molecule is Cc1cc(NC(=O)COCCN)ccc1[N+](=O)[O-]. The summed E-state index contributed by atoms with van der Waals surface area (Å²) in [6, 6.07) is 4.37. The minimum atomic E-state index is -0.467. The Morgan fingerprint density at radius 2 is 2.28 bits per heavy atom. The van der Waals surface area contributed by atoms with Crippen LogP contribution in [0.1, 0.15) is 5.56 Å². The first-order valence-corrected chi connectivity index (χ1v) is 5.37. The van der Waals surface area contributed by atoms with E-state index in [9.17, 15) is 14.9 Å². The van der Waals surface area contributed by atoms with Crippen molar-refractivity contribution in [3.05, 3.63) is 33.9 Å². The number of carbonyl (C=O) groups excluding carboxylic acids is 1. The summed E-state index contributed by atoms with van der Waals surface area (Å²) < 4.78 is 4.96. The van der Waals surface area contributed by atoms with E-state index in [1.54, 1.807) is 13.0 Å². The molecule has 0 aliphatic rings. The van der Waals surface area contributed by atoms with E-state index < -0.39 is 4.92 Å². The molecule has 1 aromatic carbocycles. The lowest BCUT2D eigenvalue weighted by Crippen LogP contribution is -2.20. The Balaban J connectivity index is 2.60. The van der Waals surface area contributed by atoms with Crippen molar-refractivity contribution in [1.29, 1.82) is 0 Å². The minimum Gasteiger partial charge on any atom is -0.370 e. The lowest BCUT2D eigenvalue weighted by molar-refractivity contribution is -0.385. The number of ether oxygens (including phenoxy) is 1. The number of nitro benzene ring substituents is 1. The summed E-state index contributed by atoms with van der Waals surface area (Å²) in [4.78, 5) is 21.6. The van der Waals surface area contributed by atoms with Gasteiger partial charge in [-0.1, -0.05) is 0 Å². The number of nitrogens with zero attached hydrogens (tertiary/aromatic N) is 1. The number of carbonyl (C=O) groups is 1. The third-order valence-corrected chi connectivity index (χ3v) is 2.17. The number of amides is 1. The van der Waals surface area contributed by atoms with E-state index in [0.717, 1.165) is 0 Å². The van der Waals surface area contributed by atoms with E-state index in [1.807, 2.05) is 0 Å². The number of nitro groups is 1. The van der Waals surface area contributed by atoms with Gasteiger partial charge in [-0.05, 0) is 19.1 Å². The predicted octanol–water partition coefficient (Wildman–Crippen LogP) is 0.817. The second-order valence-corrected chi connectivity index (χ2v) is 3.65. The van der Waals surface area contributed by atoms with Crippen LogP contribution in [-0.2, 0) is 9.53 Å². The van der Waals surface area contributed by atoms with Crippen LogP contribution in [0.3, 0.4) is 0 Å². The van der Waals surface area contributed by atoms with Crippen LogP contribution in [0.4, 0.5) is 11.4 Å². The Kier molecular flexibility index (Phi) is 5.22. The summed E-state index contributed by atoms with van der Waals surface area (Å²) in [7, 11) is 0. The summed E-state index contributed by atoms with van der Waals surface area (Å²) in [5.41, 5.74) is 6.22. The Morgan fingerprint density at radius 3 is 2.83 bits per heavy atom. The molecule has 0 aromatic heterocycles. The van der Waals surface area contributed by atoms with Gasteiger partial charge in [-0.2, -0.15) is 0 Å². The topological polar surface area (TPSA) is 107 Å². The second kappa shape index (κ2) is 6.67. The van der Waals surface area contributed by atoms with Crippen LogP contribution < -0.4 is 11.1 Å². The van der Waals surface area contributed by atoms with E-state index in [4.69, 9.17) is 10.5 Å². The quantitative estimate of drug-likeness (QED) is 0.443. The molecular formula is C11H15N3O4. The number of aryl methyl sites for hydroxylation is 1. The van der Waals surface area contributed by atoms with Crippen LogP contribution in [0.25, 0.3) is 0 Å². The van der Waals surface area contributed by atoms with E-state index in [0.29, 0.717) is 24.4 Å². The average Bonchev–Trinajstić information content (AvgIpc) is 2.28. The zero-order valence-electron chi connectivity index (χ0n) is 10.0. The van der Waals surface area contributed by atoms with Crippen LogP contribution >= 0.6 is 0 Å². The predicted molar refractivity (Wildman–Crippen MR) is 66.3 cm³/mol. The molecule has 0 fully saturated rings. The first kappa shape index (κ1) is 14.1. The Bertz CT molecular complexity index is 448. The third kappa shape index (κ3) is 4.11. The van der Waals surface area contributed by atoms with Crippen molar-refractivity contribution in [2.75, 3.05) is 25.1 Å². The van der Waals surface area contributed by atoms with Gasteiger partial charge < -0.3 is 15.8 Å². The largest absolute Gasteiger partial charge is 0.370 e. The molecule has 7 nitrogen and oxygen atoms in total. The van der Waals surface area contributed by atoms with Gasteiger partial charge in [0.15, 0.2) is 0 Å². The van der Waals surface area contributed by atoms with Crippen molar-refractivity contribution in [2.45, 2.75) is 6.92 Å². The molecule has 1 amide bonds. The van der Waals surface area contributed by atoms with Crippen LogP contribution in [0, 0.1) is 17.0 Å². The molecule has 0 heterocycles. The molecule has 0 saturated heterocycles. The molecular weight excluding hydrogens is 238 g/mol. The van der Waals surface area contributed by atoms with Crippen LogP contribution in [0.2, 0.25) is 0 Å². The molecule has 7 heteroatoms. The lowest BCUT2D eigenvalue weighted by Gasteiger charge is -2.06. The number of nitrogens with two attached hydrogens (primary N) is 1. The molecule has 0 atom stereocenters. The summed E-state index contributed by atoms with van der Waals surface area (Å²) in [6.45, 7) is 2.18.